The Labute approximate surface area is 205 Å². The molecule has 0 saturated carbocycles. The van der Waals surface area contributed by atoms with E-state index in [4.69, 9.17) is 22.1 Å². The number of ether oxygens (including phenoxy) is 1. The molecule has 2 aromatic carbocycles. The van der Waals surface area contributed by atoms with E-state index in [0.717, 1.165) is 17.7 Å². The second kappa shape index (κ2) is 12.0. The standard InChI is InChI=1S/C24H24ClF3N4O3/c25-20-7-4-16(13-19(20)24(26,27)28)32-22(33)8-3-15-1-5-17(6-2-15)35-18-9-11-30-21(14-18)23(34)31-12-10-29/h1-2,4-7,9,11,13-14,23,31,34H,3,8,10,12,29H2,(H,32,33). The van der Waals surface area contributed by atoms with E-state index in [2.05, 4.69) is 15.6 Å². The van der Waals surface area contributed by atoms with Gasteiger partial charge in [-0.3, -0.25) is 15.1 Å². The zero-order valence-corrected chi connectivity index (χ0v) is 19.2. The molecule has 1 aromatic heterocycles. The van der Waals surface area contributed by atoms with Gasteiger partial charge in [0.25, 0.3) is 0 Å². The van der Waals surface area contributed by atoms with E-state index in [1.165, 1.54) is 12.3 Å². The normalized spacial score (nSPS) is 12.3. The van der Waals surface area contributed by atoms with E-state index in [-0.39, 0.29) is 12.1 Å². The monoisotopic (exact) mass is 508 g/mol. The predicted molar refractivity (Wildman–Crippen MR) is 126 cm³/mol. The fourth-order valence-electron chi connectivity index (χ4n) is 3.13. The largest absolute Gasteiger partial charge is 0.457 e. The molecule has 1 heterocycles. The van der Waals surface area contributed by atoms with Crippen molar-refractivity contribution in [3.05, 3.63) is 82.6 Å². The van der Waals surface area contributed by atoms with E-state index < -0.39 is 28.9 Å². The fraction of sp³-hybridized carbons (Fsp3) is 0.250. The summed E-state index contributed by atoms with van der Waals surface area (Å²) in [7, 11) is 0. The van der Waals surface area contributed by atoms with Crippen LogP contribution in [0.5, 0.6) is 11.5 Å². The second-order valence-electron chi connectivity index (χ2n) is 7.55. The number of aryl methyl sites for hydroxylation is 1. The van der Waals surface area contributed by atoms with Crippen molar-refractivity contribution >= 4 is 23.2 Å². The van der Waals surface area contributed by atoms with Crippen LogP contribution in [0.2, 0.25) is 5.02 Å². The van der Waals surface area contributed by atoms with Gasteiger partial charge in [0, 0.05) is 37.5 Å². The lowest BCUT2D eigenvalue weighted by Gasteiger charge is -2.13. The van der Waals surface area contributed by atoms with Crippen LogP contribution in [0.15, 0.2) is 60.8 Å². The topological polar surface area (TPSA) is 110 Å². The van der Waals surface area contributed by atoms with Gasteiger partial charge in [-0.05, 0) is 48.4 Å². The van der Waals surface area contributed by atoms with Gasteiger partial charge >= 0.3 is 6.18 Å². The number of carbonyl (C=O) groups excluding carboxylic acids is 1. The number of anilines is 1. The molecule has 11 heteroatoms. The fourth-order valence-corrected chi connectivity index (χ4v) is 3.35. The molecular formula is C24H24ClF3N4O3. The van der Waals surface area contributed by atoms with Gasteiger partial charge in [-0.15, -0.1) is 0 Å². The number of hydrogen-bond donors (Lipinski definition) is 4. The van der Waals surface area contributed by atoms with Crippen molar-refractivity contribution in [3.8, 4) is 11.5 Å². The minimum atomic E-state index is -4.61. The summed E-state index contributed by atoms with van der Waals surface area (Å²) in [5.74, 6) is 0.601. The molecule has 35 heavy (non-hydrogen) atoms. The van der Waals surface area contributed by atoms with Crippen LogP contribution in [0.4, 0.5) is 18.9 Å². The summed E-state index contributed by atoms with van der Waals surface area (Å²) in [5, 5.41) is 14.9. The Balaban J connectivity index is 1.53. The molecule has 5 N–H and O–H groups in total. The average Bonchev–Trinajstić information content (AvgIpc) is 2.83. The summed E-state index contributed by atoms with van der Waals surface area (Å²) in [6.07, 6.45) is -3.61. The van der Waals surface area contributed by atoms with E-state index >= 15 is 0 Å². The number of hydrogen-bond acceptors (Lipinski definition) is 6. The number of nitrogens with one attached hydrogen (secondary N) is 2. The third-order valence-corrected chi connectivity index (χ3v) is 5.20. The van der Waals surface area contributed by atoms with Gasteiger partial charge in [0.05, 0.1) is 16.3 Å². The van der Waals surface area contributed by atoms with Gasteiger partial charge in [-0.25, -0.2) is 0 Å². The third-order valence-electron chi connectivity index (χ3n) is 4.87. The number of aliphatic hydroxyl groups is 1. The number of pyridine rings is 1. The van der Waals surface area contributed by atoms with Crippen molar-refractivity contribution in [3.63, 3.8) is 0 Å². The maximum Gasteiger partial charge on any atom is 0.417 e. The first-order chi connectivity index (χ1) is 16.7. The molecule has 0 fully saturated rings. The Kier molecular flexibility index (Phi) is 9.05. The number of aromatic nitrogens is 1. The van der Waals surface area contributed by atoms with E-state index in [1.807, 2.05) is 0 Å². The van der Waals surface area contributed by atoms with Crippen LogP contribution < -0.4 is 21.1 Å². The molecule has 0 aliphatic carbocycles. The van der Waals surface area contributed by atoms with Crippen molar-refractivity contribution in [1.82, 2.24) is 10.3 Å². The first-order valence-electron chi connectivity index (χ1n) is 10.7. The zero-order chi connectivity index (χ0) is 25.4. The minimum absolute atomic E-state index is 0.0236. The Hall–Kier alpha value is -3.18. The average molecular weight is 509 g/mol. The van der Waals surface area contributed by atoms with Crippen LogP contribution >= 0.6 is 11.6 Å². The molecule has 3 rings (SSSR count). The lowest BCUT2D eigenvalue weighted by Crippen LogP contribution is -2.27. The molecule has 1 unspecified atom stereocenters. The summed E-state index contributed by atoms with van der Waals surface area (Å²) in [4.78, 5) is 16.3. The number of nitrogens with two attached hydrogens (primary N) is 1. The van der Waals surface area contributed by atoms with Gasteiger partial charge in [0.2, 0.25) is 5.91 Å². The maximum absolute atomic E-state index is 13.0. The Morgan fingerprint density at radius 1 is 1.11 bits per heavy atom. The molecule has 7 nitrogen and oxygen atoms in total. The molecule has 1 amide bonds. The summed E-state index contributed by atoms with van der Waals surface area (Å²) < 4.78 is 44.7. The SMILES string of the molecule is NCCNC(O)c1cc(Oc2ccc(CCC(=O)Nc3ccc(Cl)c(C(F)(F)F)c3)cc2)ccn1. The Morgan fingerprint density at radius 3 is 2.54 bits per heavy atom. The van der Waals surface area contributed by atoms with Gasteiger partial charge in [-0.1, -0.05) is 23.7 Å². The number of halogens is 4. The first kappa shape index (κ1) is 26.4. The lowest BCUT2D eigenvalue weighted by atomic mass is 10.1. The van der Waals surface area contributed by atoms with Gasteiger partial charge in [0.1, 0.15) is 17.7 Å². The lowest BCUT2D eigenvalue weighted by molar-refractivity contribution is -0.137. The van der Waals surface area contributed by atoms with E-state index in [9.17, 15) is 23.1 Å². The minimum Gasteiger partial charge on any atom is -0.457 e. The smallest absolute Gasteiger partial charge is 0.417 e. The number of alkyl halides is 3. The van der Waals surface area contributed by atoms with Crippen LogP contribution in [0.1, 0.15) is 29.5 Å². The Bertz CT molecular complexity index is 1140. The molecule has 0 spiro atoms. The van der Waals surface area contributed by atoms with E-state index in [0.29, 0.717) is 36.7 Å². The van der Waals surface area contributed by atoms with Crippen molar-refractivity contribution in [1.29, 1.82) is 0 Å². The second-order valence-corrected chi connectivity index (χ2v) is 7.96. The van der Waals surface area contributed by atoms with Crippen LogP contribution in [0, 0.1) is 0 Å². The summed E-state index contributed by atoms with van der Waals surface area (Å²) in [5.41, 5.74) is 5.67. The van der Waals surface area contributed by atoms with Crippen molar-refractivity contribution < 1.29 is 27.8 Å². The number of rotatable bonds is 10. The molecule has 0 aliphatic heterocycles. The van der Waals surface area contributed by atoms with E-state index in [1.54, 1.807) is 36.4 Å². The summed E-state index contributed by atoms with van der Waals surface area (Å²) >= 11 is 5.60. The molecular weight excluding hydrogens is 485 g/mol. The van der Waals surface area contributed by atoms with Gasteiger partial charge in [0.15, 0.2) is 0 Å². The van der Waals surface area contributed by atoms with Crippen LogP contribution in [-0.4, -0.2) is 29.1 Å². The zero-order valence-electron chi connectivity index (χ0n) is 18.5. The maximum atomic E-state index is 13.0. The van der Waals surface area contributed by atoms with Gasteiger partial charge in [-0.2, -0.15) is 13.2 Å². The van der Waals surface area contributed by atoms with Gasteiger partial charge < -0.3 is 20.9 Å². The highest BCUT2D eigenvalue weighted by Crippen LogP contribution is 2.36. The molecule has 3 aromatic rings. The highest BCUT2D eigenvalue weighted by Gasteiger charge is 2.33. The predicted octanol–water partition coefficient (Wildman–Crippen LogP) is 4.66. The van der Waals surface area contributed by atoms with Crippen molar-refractivity contribution in [2.45, 2.75) is 25.2 Å². The van der Waals surface area contributed by atoms with Crippen molar-refractivity contribution in [2.24, 2.45) is 5.73 Å². The van der Waals surface area contributed by atoms with Crippen LogP contribution in [0.25, 0.3) is 0 Å². The molecule has 186 valence electrons. The highest BCUT2D eigenvalue weighted by molar-refractivity contribution is 6.31. The van der Waals surface area contributed by atoms with Crippen molar-refractivity contribution in [2.75, 3.05) is 18.4 Å². The Morgan fingerprint density at radius 2 is 1.86 bits per heavy atom. The first-order valence-corrected chi connectivity index (χ1v) is 11.0. The molecule has 0 radical (unpaired) electrons. The summed E-state index contributed by atoms with van der Waals surface area (Å²) in [6.45, 7) is 0.809. The molecule has 0 bridgehead atoms. The van der Waals surface area contributed by atoms with Crippen LogP contribution in [0.3, 0.4) is 0 Å². The summed E-state index contributed by atoms with van der Waals surface area (Å²) in [6, 6.07) is 13.5. The number of amides is 1. The number of nitrogens with zero attached hydrogens (tertiary/aromatic N) is 1. The number of aliphatic hydroxyl groups excluding tert-OH is 1. The van der Waals surface area contributed by atoms with Crippen LogP contribution in [-0.2, 0) is 17.4 Å². The molecule has 0 saturated heterocycles. The highest BCUT2D eigenvalue weighted by atomic mass is 35.5. The molecule has 0 aliphatic rings. The third kappa shape index (κ3) is 7.93. The number of carbonyl (C=O) groups is 1. The number of benzene rings is 2. The molecule has 1 atom stereocenters. The quantitative estimate of drug-likeness (QED) is 0.297.